The zero-order chi connectivity index (χ0) is 10.9. The van der Waals surface area contributed by atoms with Crippen molar-refractivity contribution in [1.82, 2.24) is 0 Å². The van der Waals surface area contributed by atoms with Crippen LogP contribution >= 0.6 is 0 Å². The molecule has 0 amide bonds. The van der Waals surface area contributed by atoms with Gasteiger partial charge in [-0.05, 0) is 0 Å². The lowest BCUT2D eigenvalue weighted by Gasteiger charge is -2.28. The molecule has 0 aliphatic heterocycles. The molecular formula is C10H23NO3. The van der Waals surface area contributed by atoms with E-state index in [1.54, 1.807) is 0 Å². The Morgan fingerprint density at radius 2 is 1.64 bits per heavy atom. The summed E-state index contributed by atoms with van der Waals surface area (Å²) in [6.07, 6.45) is -0.847. The Kier molecular flexibility index (Phi) is 5.56. The van der Waals surface area contributed by atoms with Gasteiger partial charge in [0.2, 0.25) is 0 Å². The number of quaternary nitrogens is 1. The molecule has 1 atom stereocenters. The first-order chi connectivity index (χ1) is 5.54. The lowest BCUT2D eigenvalue weighted by atomic mass is 9.87. The molecule has 2 N–H and O–H groups in total. The summed E-state index contributed by atoms with van der Waals surface area (Å²) in [6.45, 7) is 5.95. The van der Waals surface area contributed by atoms with Crippen LogP contribution in [0.5, 0.6) is 0 Å². The zero-order valence-electron chi connectivity index (χ0n) is 10.0. The SMILES string of the molecule is CC(C)(C)C(=O)C(O)C[N+](C)(C)C.[OH-]. The van der Waals surface area contributed by atoms with Gasteiger partial charge in [0.15, 0.2) is 11.9 Å². The molecule has 0 spiro atoms. The van der Waals surface area contributed by atoms with Crippen LogP contribution < -0.4 is 0 Å². The Morgan fingerprint density at radius 3 is 1.86 bits per heavy atom. The third kappa shape index (κ3) is 6.07. The van der Waals surface area contributed by atoms with Crippen molar-refractivity contribution >= 4 is 5.78 Å². The van der Waals surface area contributed by atoms with Crippen LogP contribution in [-0.2, 0) is 4.79 Å². The number of carbonyl (C=O) groups is 1. The minimum atomic E-state index is -0.847. The fourth-order valence-corrected chi connectivity index (χ4v) is 1.10. The molecule has 1 unspecified atom stereocenters. The highest BCUT2D eigenvalue weighted by Gasteiger charge is 2.31. The van der Waals surface area contributed by atoms with E-state index in [9.17, 15) is 9.90 Å². The third-order valence-corrected chi connectivity index (χ3v) is 1.76. The monoisotopic (exact) mass is 205 g/mol. The second-order valence-electron chi connectivity index (χ2n) is 5.60. The maximum Gasteiger partial charge on any atom is 0.172 e. The zero-order valence-corrected chi connectivity index (χ0v) is 10.0. The Labute approximate surface area is 86.4 Å². The second-order valence-corrected chi connectivity index (χ2v) is 5.60. The van der Waals surface area contributed by atoms with E-state index >= 15 is 0 Å². The molecule has 0 rings (SSSR count). The van der Waals surface area contributed by atoms with Gasteiger partial charge in [0, 0.05) is 5.41 Å². The van der Waals surface area contributed by atoms with Gasteiger partial charge < -0.3 is 15.1 Å². The molecule has 4 nitrogen and oxygen atoms in total. The van der Waals surface area contributed by atoms with Gasteiger partial charge in [0.25, 0.3) is 0 Å². The molecule has 4 heteroatoms. The fraction of sp³-hybridized carbons (Fsp3) is 0.900. The van der Waals surface area contributed by atoms with Gasteiger partial charge >= 0.3 is 0 Å². The number of hydrogen-bond donors (Lipinski definition) is 1. The lowest BCUT2D eigenvalue weighted by Crippen LogP contribution is -2.47. The van der Waals surface area contributed by atoms with Crippen LogP contribution in [0.25, 0.3) is 0 Å². The summed E-state index contributed by atoms with van der Waals surface area (Å²) in [6, 6.07) is 0. The van der Waals surface area contributed by atoms with Gasteiger partial charge in [-0.15, -0.1) is 0 Å². The van der Waals surface area contributed by atoms with E-state index in [-0.39, 0.29) is 11.3 Å². The average molecular weight is 205 g/mol. The summed E-state index contributed by atoms with van der Waals surface area (Å²) in [4.78, 5) is 11.6. The normalized spacial score (nSPS) is 14.5. The number of hydrogen-bond acceptors (Lipinski definition) is 3. The Hall–Kier alpha value is -0.450. The third-order valence-electron chi connectivity index (χ3n) is 1.76. The van der Waals surface area contributed by atoms with Crippen LogP contribution in [0, 0.1) is 5.41 Å². The quantitative estimate of drug-likeness (QED) is 0.682. The van der Waals surface area contributed by atoms with E-state index in [1.165, 1.54) is 0 Å². The number of rotatable bonds is 3. The number of carbonyl (C=O) groups excluding carboxylic acids is 1. The first-order valence-electron chi connectivity index (χ1n) is 4.57. The largest absolute Gasteiger partial charge is 0.870 e. The van der Waals surface area contributed by atoms with Gasteiger partial charge in [0.05, 0.1) is 21.1 Å². The van der Waals surface area contributed by atoms with Crippen LogP contribution in [0.4, 0.5) is 0 Å². The highest BCUT2D eigenvalue weighted by atomic mass is 16.3. The maximum absolute atomic E-state index is 11.6. The summed E-state index contributed by atoms with van der Waals surface area (Å²) in [7, 11) is 5.87. The van der Waals surface area contributed by atoms with Gasteiger partial charge in [0.1, 0.15) is 6.54 Å². The Morgan fingerprint density at radius 1 is 1.29 bits per heavy atom. The van der Waals surface area contributed by atoms with Crippen LogP contribution in [0.2, 0.25) is 0 Å². The molecule has 86 valence electrons. The molecule has 0 saturated carbocycles. The molecule has 0 aliphatic carbocycles. The summed E-state index contributed by atoms with van der Waals surface area (Å²) in [5.41, 5.74) is -0.450. The molecule has 0 aliphatic rings. The van der Waals surface area contributed by atoms with Gasteiger partial charge in [-0.1, -0.05) is 20.8 Å². The second kappa shape index (κ2) is 4.87. The minimum absolute atomic E-state index is 0. The van der Waals surface area contributed by atoms with Crippen molar-refractivity contribution in [2.75, 3.05) is 27.7 Å². The number of nitrogens with zero attached hydrogens (tertiary/aromatic N) is 1. The predicted molar refractivity (Wildman–Crippen MR) is 55.3 cm³/mol. The Balaban J connectivity index is 0. The van der Waals surface area contributed by atoms with Gasteiger partial charge in [-0.3, -0.25) is 4.79 Å². The molecule has 0 saturated heterocycles. The van der Waals surface area contributed by atoms with Crippen molar-refractivity contribution in [2.24, 2.45) is 5.41 Å². The van der Waals surface area contributed by atoms with Crippen LogP contribution in [0.3, 0.4) is 0 Å². The average Bonchev–Trinajstić information content (AvgIpc) is 1.79. The number of aliphatic hydroxyl groups excluding tert-OH is 1. The first kappa shape index (κ1) is 16.0. The molecule has 0 aromatic carbocycles. The van der Waals surface area contributed by atoms with Crippen molar-refractivity contribution in [2.45, 2.75) is 26.9 Å². The van der Waals surface area contributed by atoms with E-state index in [2.05, 4.69) is 0 Å². The summed E-state index contributed by atoms with van der Waals surface area (Å²) in [5, 5.41) is 9.62. The van der Waals surface area contributed by atoms with Crippen LogP contribution in [-0.4, -0.2) is 54.6 Å². The van der Waals surface area contributed by atoms with E-state index < -0.39 is 11.5 Å². The minimum Gasteiger partial charge on any atom is -0.870 e. The maximum atomic E-state index is 11.6. The lowest BCUT2D eigenvalue weighted by molar-refractivity contribution is -0.872. The number of ketones is 1. The molecule has 0 bridgehead atoms. The molecule has 0 aromatic heterocycles. The highest BCUT2D eigenvalue weighted by Crippen LogP contribution is 2.17. The van der Waals surface area contributed by atoms with E-state index in [0.29, 0.717) is 11.0 Å². The van der Waals surface area contributed by atoms with E-state index in [4.69, 9.17) is 0 Å². The molecular weight excluding hydrogens is 182 g/mol. The predicted octanol–water partition coefficient (Wildman–Crippen LogP) is 0.492. The van der Waals surface area contributed by atoms with Crippen LogP contribution in [0.15, 0.2) is 0 Å². The molecule has 0 aromatic rings. The summed E-state index contributed by atoms with van der Waals surface area (Å²) < 4.78 is 0.600. The van der Waals surface area contributed by atoms with Crippen LogP contribution in [0.1, 0.15) is 20.8 Å². The molecule has 0 heterocycles. The van der Waals surface area contributed by atoms with Crippen molar-refractivity contribution < 1.29 is 19.9 Å². The van der Waals surface area contributed by atoms with Crippen molar-refractivity contribution in [3.63, 3.8) is 0 Å². The first-order valence-corrected chi connectivity index (χ1v) is 4.57. The molecule has 0 fully saturated rings. The van der Waals surface area contributed by atoms with Gasteiger partial charge in [-0.2, -0.15) is 0 Å². The fourth-order valence-electron chi connectivity index (χ4n) is 1.10. The summed E-state index contributed by atoms with van der Waals surface area (Å²) in [5.74, 6) is -0.0828. The number of Topliss-reactive ketones (excluding diaryl/α,β-unsaturated/α-hetero) is 1. The van der Waals surface area contributed by atoms with E-state index in [1.807, 2.05) is 41.9 Å². The highest BCUT2D eigenvalue weighted by molar-refractivity contribution is 5.87. The number of likely N-dealkylation sites (N-methyl/N-ethyl adjacent to an activating group) is 1. The standard InChI is InChI=1S/C10H22NO2.H2O/c1-10(2,3)9(13)8(12)7-11(4,5)6;/h8,12H,7H2,1-6H3;1H2/q+1;/p-1. The number of aliphatic hydroxyl groups is 1. The smallest absolute Gasteiger partial charge is 0.172 e. The summed E-state index contributed by atoms with van der Waals surface area (Å²) >= 11 is 0. The topological polar surface area (TPSA) is 67.3 Å². The van der Waals surface area contributed by atoms with Gasteiger partial charge in [-0.25, -0.2) is 0 Å². The van der Waals surface area contributed by atoms with Crippen molar-refractivity contribution in [3.05, 3.63) is 0 Å². The molecule has 0 radical (unpaired) electrons. The van der Waals surface area contributed by atoms with E-state index in [0.717, 1.165) is 0 Å². The van der Waals surface area contributed by atoms with Crippen molar-refractivity contribution in [3.8, 4) is 0 Å². The Bertz CT molecular complexity index is 189. The van der Waals surface area contributed by atoms with Crippen molar-refractivity contribution in [1.29, 1.82) is 0 Å². The molecule has 14 heavy (non-hydrogen) atoms.